The molecule has 27 heavy (non-hydrogen) atoms. The van der Waals surface area contributed by atoms with Gasteiger partial charge in [-0.25, -0.2) is 4.39 Å². The number of hydrogen-bond donors (Lipinski definition) is 0. The largest absolute Gasteiger partial charge is 0.368 e. The number of hydrogen-bond acceptors (Lipinski definition) is 3. The highest BCUT2D eigenvalue weighted by Crippen LogP contribution is 2.35. The number of carbonyl (C=O) groups is 1. The van der Waals surface area contributed by atoms with E-state index in [1.165, 1.54) is 57.2 Å². The van der Waals surface area contributed by atoms with Crippen LogP contribution in [0.25, 0.3) is 0 Å². The number of fused-ring (bicyclic) bond motifs is 1. The Labute approximate surface area is 162 Å². The number of carbonyl (C=O) groups excluding carboxylic acids is 1. The lowest BCUT2D eigenvalue weighted by atomic mass is 9.78. The molecule has 0 radical (unpaired) electrons. The van der Waals surface area contributed by atoms with Crippen LogP contribution in [0.2, 0.25) is 0 Å². The first-order valence-corrected chi connectivity index (χ1v) is 10.7. The van der Waals surface area contributed by atoms with Gasteiger partial charge in [0.25, 0.3) is 0 Å². The van der Waals surface area contributed by atoms with Crippen LogP contribution in [0.5, 0.6) is 0 Å². The van der Waals surface area contributed by atoms with Crippen molar-refractivity contribution in [2.75, 3.05) is 44.2 Å². The molecule has 2 atom stereocenters. The van der Waals surface area contributed by atoms with Crippen LogP contribution in [0.3, 0.4) is 0 Å². The number of amides is 1. The molecule has 3 aliphatic rings. The highest BCUT2D eigenvalue weighted by molar-refractivity contribution is 5.76. The summed E-state index contributed by atoms with van der Waals surface area (Å²) in [5, 5.41) is 0. The standard InChI is InChI=1S/C22H32FN3O/c23-19-7-9-20(10-8-19)24-14-16-26(17-15-24)22(27)11-13-25-12-3-5-18-4-1-2-6-21(18)25/h7-10,18,21H,1-6,11-17H2. The molecule has 2 aliphatic heterocycles. The van der Waals surface area contributed by atoms with E-state index in [-0.39, 0.29) is 5.82 Å². The van der Waals surface area contributed by atoms with Crippen LogP contribution in [-0.4, -0.2) is 61.0 Å². The third-order valence-electron chi connectivity index (χ3n) is 6.80. The van der Waals surface area contributed by atoms with Gasteiger partial charge in [-0.1, -0.05) is 12.8 Å². The minimum Gasteiger partial charge on any atom is -0.368 e. The number of anilines is 1. The maximum absolute atomic E-state index is 13.1. The fourth-order valence-electron chi connectivity index (χ4n) is 5.27. The molecule has 2 heterocycles. The lowest BCUT2D eigenvalue weighted by Crippen LogP contribution is -2.51. The van der Waals surface area contributed by atoms with Crippen LogP contribution in [0.4, 0.5) is 10.1 Å². The third kappa shape index (κ3) is 4.45. The second-order valence-corrected chi connectivity index (χ2v) is 8.38. The highest BCUT2D eigenvalue weighted by Gasteiger charge is 2.33. The van der Waals surface area contributed by atoms with Gasteiger partial charge in [-0.05, 0) is 62.4 Å². The van der Waals surface area contributed by atoms with Gasteiger partial charge in [0.1, 0.15) is 5.82 Å². The number of nitrogens with zero attached hydrogens (tertiary/aromatic N) is 3. The van der Waals surface area contributed by atoms with Crippen molar-refractivity contribution in [2.45, 2.75) is 51.0 Å². The fraction of sp³-hybridized carbons (Fsp3) is 0.682. The van der Waals surface area contributed by atoms with Crippen molar-refractivity contribution in [3.05, 3.63) is 30.1 Å². The van der Waals surface area contributed by atoms with Crippen molar-refractivity contribution in [2.24, 2.45) is 5.92 Å². The van der Waals surface area contributed by atoms with Gasteiger partial charge in [-0.15, -0.1) is 0 Å². The Kier molecular flexibility index (Phi) is 5.96. The highest BCUT2D eigenvalue weighted by atomic mass is 19.1. The van der Waals surface area contributed by atoms with Gasteiger partial charge >= 0.3 is 0 Å². The zero-order chi connectivity index (χ0) is 18.6. The van der Waals surface area contributed by atoms with Gasteiger partial charge in [-0.3, -0.25) is 9.69 Å². The topological polar surface area (TPSA) is 26.8 Å². The molecule has 3 fully saturated rings. The Hall–Kier alpha value is -1.62. The van der Waals surface area contributed by atoms with Crippen molar-refractivity contribution >= 4 is 11.6 Å². The van der Waals surface area contributed by atoms with Crippen molar-refractivity contribution in [1.29, 1.82) is 0 Å². The number of likely N-dealkylation sites (tertiary alicyclic amines) is 1. The molecule has 2 saturated heterocycles. The maximum atomic E-state index is 13.1. The molecule has 1 aliphatic carbocycles. The molecule has 1 saturated carbocycles. The average Bonchev–Trinajstić information content (AvgIpc) is 2.72. The van der Waals surface area contributed by atoms with Crippen LogP contribution in [0, 0.1) is 11.7 Å². The molecule has 4 rings (SSSR count). The van der Waals surface area contributed by atoms with Crippen LogP contribution < -0.4 is 4.90 Å². The molecule has 5 heteroatoms. The quantitative estimate of drug-likeness (QED) is 0.808. The molecule has 1 amide bonds. The van der Waals surface area contributed by atoms with E-state index in [0.717, 1.165) is 50.4 Å². The first-order chi connectivity index (χ1) is 13.2. The number of rotatable bonds is 4. The van der Waals surface area contributed by atoms with Crippen molar-refractivity contribution in [1.82, 2.24) is 9.80 Å². The first kappa shape index (κ1) is 18.7. The predicted molar refractivity (Wildman–Crippen MR) is 106 cm³/mol. The van der Waals surface area contributed by atoms with E-state index >= 15 is 0 Å². The second kappa shape index (κ2) is 8.59. The molecule has 4 nitrogen and oxygen atoms in total. The minimum atomic E-state index is -0.203. The van der Waals surface area contributed by atoms with Crippen LogP contribution in [-0.2, 0) is 4.79 Å². The number of halogens is 1. The summed E-state index contributed by atoms with van der Waals surface area (Å²) in [5.41, 5.74) is 1.04. The zero-order valence-electron chi connectivity index (χ0n) is 16.3. The summed E-state index contributed by atoms with van der Waals surface area (Å²) in [7, 11) is 0. The molecule has 2 unspecified atom stereocenters. The fourth-order valence-corrected chi connectivity index (χ4v) is 5.27. The van der Waals surface area contributed by atoms with Gasteiger partial charge in [0.15, 0.2) is 0 Å². The predicted octanol–water partition coefficient (Wildman–Crippen LogP) is 3.52. The molecule has 1 aromatic carbocycles. The Bertz CT molecular complexity index is 625. The second-order valence-electron chi connectivity index (χ2n) is 8.38. The monoisotopic (exact) mass is 373 g/mol. The van der Waals surface area contributed by atoms with E-state index in [1.54, 1.807) is 0 Å². The van der Waals surface area contributed by atoms with E-state index in [0.29, 0.717) is 12.3 Å². The summed E-state index contributed by atoms with van der Waals surface area (Å²) in [4.78, 5) is 19.6. The van der Waals surface area contributed by atoms with Crippen LogP contribution in [0.15, 0.2) is 24.3 Å². The molecule has 0 aromatic heterocycles. The smallest absolute Gasteiger partial charge is 0.223 e. The van der Waals surface area contributed by atoms with Crippen molar-refractivity contribution in [3.63, 3.8) is 0 Å². The van der Waals surface area contributed by atoms with Gasteiger partial charge in [-0.2, -0.15) is 0 Å². The van der Waals surface area contributed by atoms with Crippen LogP contribution in [0.1, 0.15) is 44.9 Å². The van der Waals surface area contributed by atoms with Gasteiger partial charge in [0.05, 0.1) is 0 Å². The average molecular weight is 374 g/mol. The number of piperazine rings is 1. The Morgan fingerprint density at radius 1 is 0.926 bits per heavy atom. The number of benzene rings is 1. The molecule has 1 aromatic rings. The SMILES string of the molecule is O=C(CCN1CCCC2CCCCC21)N1CCN(c2ccc(F)cc2)CC1. The molecule has 0 N–H and O–H groups in total. The molecule has 148 valence electrons. The number of piperidine rings is 1. The molecule has 0 bridgehead atoms. The molecular formula is C22H32FN3O. The summed E-state index contributed by atoms with van der Waals surface area (Å²) >= 11 is 0. The zero-order valence-corrected chi connectivity index (χ0v) is 16.3. The first-order valence-electron chi connectivity index (χ1n) is 10.7. The minimum absolute atomic E-state index is 0.203. The summed E-state index contributed by atoms with van der Waals surface area (Å²) in [6.45, 7) is 5.28. The van der Waals surface area contributed by atoms with Crippen molar-refractivity contribution in [3.8, 4) is 0 Å². The molecular weight excluding hydrogens is 341 g/mol. The van der Waals surface area contributed by atoms with Gasteiger partial charge in [0, 0.05) is 50.9 Å². The normalized spacial score (nSPS) is 26.7. The third-order valence-corrected chi connectivity index (χ3v) is 6.80. The van der Waals surface area contributed by atoms with Gasteiger partial charge < -0.3 is 9.80 Å². The summed E-state index contributed by atoms with van der Waals surface area (Å²) in [6.07, 6.45) is 8.81. The van der Waals surface area contributed by atoms with E-state index < -0.39 is 0 Å². The van der Waals surface area contributed by atoms with Crippen molar-refractivity contribution < 1.29 is 9.18 Å². The van der Waals surface area contributed by atoms with Gasteiger partial charge in [0.2, 0.25) is 5.91 Å². The van der Waals surface area contributed by atoms with E-state index in [4.69, 9.17) is 0 Å². The summed E-state index contributed by atoms with van der Waals surface area (Å²) < 4.78 is 13.1. The molecule has 0 spiro atoms. The van der Waals surface area contributed by atoms with E-state index in [9.17, 15) is 9.18 Å². The van der Waals surface area contributed by atoms with E-state index in [2.05, 4.69) is 9.80 Å². The van der Waals surface area contributed by atoms with E-state index in [1.807, 2.05) is 17.0 Å². The Balaban J connectivity index is 1.24. The Morgan fingerprint density at radius 3 is 2.41 bits per heavy atom. The Morgan fingerprint density at radius 2 is 1.63 bits per heavy atom. The lowest BCUT2D eigenvalue weighted by molar-refractivity contribution is -0.132. The van der Waals surface area contributed by atoms with Crippen LogP contribution >= 0.6 is 0 Å². The summed E-state index contributed by atoms with van der Waals surface area (Å²) in [6, 6.07) is 7.39. The maximum Gasteiger partial charge on any atom is 0.223 e. The summed E-state index contributed by atoms with van der Waals surface area (Å²) in [5.74, 6) is 0.971. The lowest BCUT2D eigenvalue weighted by Gasteiger charge is -2.44.